The molecule has 0 aromatic carbocycles. The molecule has 0 heterocycles. The van der Waals surface area contributed by atoms with E-state index in [4.69, 9.17) is 11.6 Å². The van der Waals surface area contributed by atoms with Crippen LogP contribution in [0.1, 0.15) is 6.42 Å². The zero-order valence-corrected chi connectivity index (χ0v) is 6.28. The Hall–Kier alpha value is 0.160. The monoisotopic (exact) mass is 173 g/mol. The Morgan fingerprint density at radius 3 is 2.44 bits per heavy atom. The summed E-state index contributed by atoms with van der Waals surface area (Å²) in [6.07, 6.45) is 0.362. The van der Waals surface area contributed by atoms with Crippen LogP contribution in [-0.2, 0) is 14.4 Å². The van der Waals surface area contributed by atoms with Crippen LogP contribution in [0.25, 0.3) is 0 Å². The first-order chi connectivity index (χ1) is 4.12. The first kappa shape index (κ1) is 9.16. The lowest BCUT2D eigenvalue weighted by Crippen LogP contribution is -2.14. The fraction of sp³-hybridized carbons (Fsp3) is 1.00. The SMILES string of the molecule is NOS(=O)(=O)CCCCl. The Balaban J connectivity index is 3.61. The van der Waals surface area contributed by atoms with E-state index in [1.54, 1.807) is 0 Å². The molecule has 0 spiro atoms. The van der Waals surface area contributed by atoms with E-state index in [1.807, 2.05) is 0 Å². The summed E-state index contributed by atoms with van der Waals surface area (Å²) < 4.78 is 24.4. The third-order valence-corrected chi connectivity index (χ3v) is 2.02. The molecule has 4 nitrogen and oxygen atoms in total. The minimum Gasteiger partial charge on any atom is -0.198 e. The van der Waals surface area contributed by atoms with Crippen molar-refractivity contribution in [3.8, 4) is 0 Å². The highest BCUT2D eigenvalue weighted by Crippen LogP contribution is 1.93. The summed E-state index contributed by atoms with van der Waals surface area (Å²) in [6.45, 7) is 0. The van der Waals surface area contributed by atoms with Gasteiger partial charge in [-0.1, -0.05) is 0 Å². The van der Waals surface area contributed by atoms with Gasteiger partial charge in [0.05, 0.1) is 5.75 Å². The van der Waals surface area contributed by atoms with Crippen molar-refractivity contribution in [2.24, 2.45) is 5.90 Å². The standard InChI is InChI=1S/C3H8ClNO3S/c4-2-1-3-9(6,7)8-5/h1-3,5H2. The number of nitrogens with two attached hydrogens (primary N) is 1. The third kappa shape index (κ3) is 4.65. The predicted octanol–water partition coefficient (Wildman–Crippen LogP) is -0.165. The maximum absolute atomic E-state index is 10.4. The Labute approximate surface area is 59.0 Å². The molecular formula is C3H8ClNO3S. The highest BCUT2D eigenvalue weighted by Gasteiger charge is 2.06. The van der Waals surface area contributed by atoms with Gasteiger partial charge in [0.15, 0.2) is 0 Å². The Bertz CT molecular complexity index is 154. The quantitative estimate of drug-likeness (QED) is 0.474. The van der Waals surface area contributed by atoms with E-state index >= 15 is 0 Å². The van der Waals surface area contributed by atoms with Gasteiger partial charge in [-0.05, 0) is 6.42 Å². The van der Waals surface area contributed by atoms with Crippen LogP contribution in [0.4, 0.5) is 0 Å². The molecule has 6 heteroatoms. The summed E-state index contributed by atoms with van der Waals surface area (Å²) in [7, 11) is -3.49. The fourth-order valence-corrected chi connectivity index (χ4v) is 1.17. The molecule has 0 fully saturated rings. The van der Waals surface area contributed by atoms with Crippen LogP contribution in [0.3, 0.4) is 0 Å². The van der Waals surface area contributed by atoms with Crippen molar-refractivity contribution in [1.82, 2.24) is 0 Å². The number of rotatable bonds is 4. The predicted molar refractivity (Wildman–Crippen MR) is 34.4 cm³/mol. The zero-order valence-electron chi connectivity index (χ0n) is 4.71. The van der Waals surface area contributed by atoms with Gasteiger partial charge in [0.1, 0.15) is 0 Å². The summed E-state index contributed by atoms with van der Waals surface area (Å²) in [5.41, 5.74) is 0. The van der Waals surface area contributed by atoms with E-state index in [0.29, 0.717) is 12.3 Å². The van der Waals surface area contributed by atoms with Crippen LogP contribution < -0.4 is 5.90 Å². The van der Waals surface area contributed by atoms with Crippen molar-refractivity contribution in [2.75, 3.05) is 11.6 Å². The molecule has 0 aromatic heterocycles. The highest BCUT2D eigenvalue weighted by molar-refractivity contribution is 7.86. The molecule has 0 aromatic rings. The first-order valence-corrected chi connectivity index (χ1v) is 4.40. The molecule has 0 saturated heterocycles. The van der Waals surface area contributed by atoms with Gasteiger partial charge in [0.25, 0.3) is 10.1 Å². The van der Waals surface area contributed by atoms with Crippen molar-refractivity contribution in [3.63, 3.8) is 0 Å². The maximum Gasteiger partial charge on any atom is 0.283 e. The second-order valence-corrected chi connectivity index (χ2v) is 3.49. The van der Waals surface area contributed by atoms with Crippen LogP contribution in [0.15, 0.2) is 0 Å². The molecule has 0 aliphatic rings. The minimum atomic E-state index is -3.49. The van der Waals surface area contributed by atoms with E-state index in [2.05, 4.69) is 10.2 Å². The molecule has 0 bridgehead atoms. The summed E-state index contributed by atoms with van der Waals surface area (Å²) in [5.74, 6) is 4.59. The maximum atomic E-state index is 10.4. The Kier molecular flexibility index (Phi) is 4.12. The van der Waals surface area contributed by atoms with Gasteiger partial charge < -0.3 is 0 Å². The van der Waals surface area contributed by atoms with Crippen molar-refractivity contribution in [2.45, 2.75) is 6.42 Å². The van der Waals surface area contributed by atoms with Gasteiger partial charge in [-0.2, -0.15) is 18.6 Å². The number of hydrogen-bond acceptors (Lipinski definition) is 4. The first-order valence-electron chi connectivity index (χ1n) is 2.29. The average Bonchev–Trinajstić information content (AvgIpc) is 1.84. The van der Waals surface area contributed by atoms with Crippen LogP contribution in [0.2, 0.25) is 0 Å². The second kappa shape index (κ2) is 4.05. The lowest BCUT2D eigenvalue weighted by molar-refractivity contribution is 0.332. The highest BCUT2D eigenvalue weighted by atomic mass is 35.5. The molecule has 0 unspecified atom stereocenters. The topological polar surface area (TPSA) is 69.4 Å². The fourth-order valence-electron chi connectivity index (χ4n) is 0.279. The molecule has 0 atom stereocenters. The lowest BCUT2D eigenvalue weighted by Gasteiger charge is -1.95. The molecule has 0 aliphatic heterocycles. The molecule has 56 valence electrons. The number of alkyl halides is 1. The summed E-state index contributed by atoms with van der Waals surface area (Å²) in [6, 6.07) is 0. The minimum absolute atomic E-state index is 0.118. The van der Waals surface area contributed by atoms with Crippen molar-refractivity contribution in [1.29, 1.82) is 0 Å². The summed E-state index contributed by atoms with van der Waals surface area (Å²) in [4.78, 5) is 0. The average molecular weight is 174 g/mol. The molecule has 0 saturated carbocycles. The van der Waals surface area contributed by atoms with Crippen LogP contribution in [0, 0.1) is 0 Å². The van der Waals surface area contributed by atoms with Crippen LogP contribution in [-0.4, -0.2) is 20.1 Å². The normalized spacial score (nSPS) is 11.8. The molecule has 0 amide bonds. The second-order valence-electron chi connectivity index (χ2n) is 1.40. The smallest absolute Gasteiger partial charge is 0.198 e. The van der Waals surface area contributed by atoms with Crippen LogP contribution >= 0.6 is 11.6 Å². The van der Waals surface area contributed by atoms with Crippen molar-refractivity contribution < 1.29 is 12.7 Å². The molecule has 0 aliphatic carbocycles. The number of hydrogen-bond donors (Lipinski definition) is 1. The van der Waals surface area contributed by atoms with Gasteiger partial charge in [-0.3, -0.25) is 0 Å². The summed E-state index contributed by atoms with van der Waals surface area (Å²) >= 11 is 5.20. The van der Waals surface area contributed by atoms with Crippen LogP contribution in [0.5, 0.6) is 0 Å². The zero-order chi connectivity index (χ0) is 7.33. The van der Waals surface area contributed by atoms with Gasteiger partial charge in [-0.25, -0.2) is 0 Å². The van der Waals surface area contributed by atoms with Gasteiger partial charge in [-0.15, -0.1) is 11.6 Å². The van der Waals surface area contributed by atoms with E-state index in [1.165, 1.54) is 0 Å². The molecular weight excluding hydrogens is 166 g/mol. The van der Waals surface area contributed by atoms with Gasteiger partial charge in [0, 0.05) is 5.88 Å². The molecule has 2 N–H and O–H groups in total. The molecule has 0 radical (unpaired) electrons. The molecule has 0 rings (SSSR count). The van der Waals surface area contributed by atoms with E-state index < -0.39 is 10.1 Å². The van der Waals surface area contributed by atoms with Gasteiger partial charge in [0.2, 0.25) is 0 Å². The summed E-state index contributed by atoms with van der Waals surface area (Å²) in [5, 5.41) is 0. The van der Waals surface area contributed by atoms with E-state index in [-0.39, 0.29) is 5.75 Å². The van der Waals surface area contributed by atoms with Crippen molar-refractivity contribution in [3.05, 3.63) is 0 Å². The lowest BCUT2D eigenvalue weighted by atomic mass is 10.6. The largest absolute Gasteiger partial charge is 0.283 e. The van der Waals surface area contributed by atoms with Gasteiger partial charge >= 0.3 is 0 Å². The number of halogens is 1. The molecule has 9 heavy (non-hydrogen) atoms. The third-order valence-electron chi connectivity index (χ3n) is 0.675. The Morgan fingerprint density at radius 1 is 1.56 bits per heavy atom. The van der Waals surface area contributed by atoms with E-state index in [9.17, 15) is 8.42 Å². The van der Waals surface area contributed by atoms with Crippen molar-refractivity contribution >= 4 is 21.7 Å². The van der Waals surface area contributed by atoms with E-state index in [0.717, 1.165) is 0 Å². The Morgan fingerprint density at radius 2 is 2.11 bits per heavy atom.